The summed E-state index contributed by atoms with van der Waals surface area (Å²) in [6, 6.07) is 16.4. The van der Waals surface area contributed by atoms with Crippen LogP contribution in [0.4, 0.5) is 0 Å². The van der Waals surface area contributed by atoms with Gasteiger partial charge in [-0.25, -0.2) is 9.59 Å². The van der Waals surface area contributed by atoms with E-state index >= 15 is 0 Å². The molecule has 0 saturated heterocycles. The van der Waals surface area contributed by atoms with E-state index in [1.807, 2.05) is 24.4 Å². The summed E-state index contributed by atoms with van der Waals surface area (Å²) in [7, 11) is 0. The average molecular weight is 529 g/mol. The molecule has 0 aliphatic rings. The molecule has 0 spiro atoms. The van der Waals surface area contributed by atoms with Gasteiger partial charge in [-0.15, -0.1) is 0 Å². The summed E-state index contributed by atoms with van der Waals surface area (Å²) in [4.78, 5) is 23.6. The molecular formula is C26H29BrN2O5. The molecule has 1 atom stereocenters. The van der Waals surface area contributed by atoms with Gasteiger partial charge in [0.2, 0.25) is 0 Å². The Morgan fingerprint density at radius 3 is 2.32 bits per heavy atom. The Morgan fingerprint density at radius 2 is 1.71 bits per heavy atom. The lowest BCUT2D eigenvalue weighted by Crippen LogP contribution is -2.26. The average Bonchev–Trinajstić information content (AvgIpc) is 2.81. The van der Waals surface area contributed by atoms with Crippen molar-refractivity contribution in [1.82, 2.24) is 4.98 Å². The van der Waals surface area contributed by atoms with E-state index in [-0.39, 0.29) is 6.23 Å². The number of nitrogens with two attached hydrogens (primary N) is 1. The minimum absolute atomic E-state index is 0.265. The largest absolute Gasteiger partial charge is 0.478 e. The Morgan fingerprint density at radius 1 is 1.03 bits per heavy atom. The zero-order valence-electron chi connectivity index (χ0n) is 19.0. The molecule has 0 saturated carbocycles. The normalized spacial score (nSPS) is 11.6. The number of nitrogens with zero attached hydrogens (tertiary/aromatic N) is 1. The van der Waals surface area contributed by atoms with Gasteiger partial charge in [0.05, 0.1) is 5.52 Å². The van der Waals surface area contributed by atoms with E-state index in [0.717, 1.165) is 39.5 Å². The number of ether oxygens (including phenoxy) is 1. The number of carboxylic acids is 2. The van der Waals surface area contributed by atoms with Crippen LogP contribution in [0, 0.1) is 0 Å². The Bertz CT molecular complexity index is 1100. The second-order valence-electron chi connectivity index (χ2n) is 7.56. The van der Waals surface area contributed by atoms with Crippen molar-refractivity contribution >= 4 is 38.8 Å². The minimum Gasteiger partial charge on any atom is -0.478 e. The maximum Gasteiger partial charge on any atom is 0.328 e. The first-order chi connectivity index (χ1) is 16.3. The van der Waals surface area contributed by atoms with E-state index in [0.29, 0.717) is 12.2 Å². The van der Waals surface area contributed by atoms with Crippen molar-refractivity contribution in [3.05, 3.63) is 71.4 Å². The number of halogens is 1. The molecule has 3 aromatic rings. The molecule has 0 bridgehead atoms. The van der Waals surface area contributed by atoms with Gasteiger partial charge in [-0.05, 0) is 54.3 Å². The van der Waals surface area contributed by atoms with Crippen LogP contribution in [0.5, 0.6) is 5.75 Å². The lowest BCUT2D eigenvalue weighted by molar-refractivity contribution is -0.134. The van der Waals surface area contributed by atoms with Crippen LogP contribution in [0.25, 0.3) is 22.0 Å². The third-order valence-corrected chi connectivity index (χ3v) is 5.40. The Labute approximate surface area is 207 Å². The molecule has 180 valence electrons. The number of benzene rings is 2. The molecule has 0 amide bonds. The number of carboxylic acid groups (broad SMARTS) is 2. The molecule has 0 aliphatic heterocycles. The highest BCUT2D eigenvalue weighted by molar-refractivity contribution is 9.10. The van der Waals surface area contributed by atoms with Crippen LogP contribution in [0.2, 0.25) is 0 Å². The van der Waals surface area contributed by atoms with Crippen molar-refractivity contribution in [2.24, 2.45) is 5.73 Å². The van der Waals surface area contributed by atoms with E-state index in [4.69, 9.17) is 20.7 Å². The highest BCUT2D eigenvalue weighted by Crippen LogP contribution is 2.30. The van der Waals surface area contributed by atoms with Crippen molar-refractivity contribution in [3.63, 3.8) is 0 Å². The van der Waals surface area contributed by atoms with Gasteiger partial charge in [-0.2, -0.15) is 0 Å². The molecule has 0 fully saturated rings. The van der Waals surface area contributed by atoms with Gasteiger partial charge in [0.1, 0.15) is 12.0 Å². The van der Waals surface area contributed by atoms with Crippen LogP contribution in [0.3, 0.4) is 0 Å². The number of fused-ring (bicyclic) bond motifs is 1. The molecule has 2 aromatic carbocycles. The second kappa shape index (κ2) is 14.1. The summed E-state index contributed by atoms with van der Waals surface area (Å²) in [5.41, 5.74) is 9.37. The Hall–Kier alpha value is -3.23. The predicted octanol–water partition coefficient (Wildman–Crippen LogP) is 6.01. The maximum atomic E-state index is 9.55. The van der Waals surface area contributed by atoms with Crippen LogP contribution in [-0.4, -0.2) is 33.4 Å². The summed E-state index contributed by atoms with van der Waals surface area (Å²) in [6.45, 7) is 2.21. The molecule has 7 nitrogen and oxygen atoms in total. The SMILES string of the molecule is CCCCCCC(N)Oc1ccc2c(-c3ccc(Br)cc3)ccnc2c1.O=C(O)/C=C/C(=O)O. The lowest BCUT2D eigenvalue weighted by atomic mass is 10.0. The smallest absolute Gasteiger partial charge is 0.328 e. The number of hydrogen-bond acceptors (Lipinski definition) is 5. The highest BCUT2D eigenvalue weighted by Gasteiger charge is 2.09. The van der Waals surface area contributed by atoms with Crippen LogP contribution in [0.1, 0.15) is 39.0 Å². The van der Waals surface area contributed by atoms with Gasteiger partial charge < -0.3 is 14.9 Å². The zero-order valence-corrected chi connectivity index (χ0v) is 20.6. The number of aromatic nitrogens is 1. The van der Waals surface area contributed by atoms with Gasteiger partial charge >= 0.3 is 11.9 Å². The number of aliphatic carboxylic acids is 2. The van der Waals surface area contributed by atoms with E-state index < -0.39 is 11.9 Å². The van der Waals surface area contributed by atoms with Crippen molar-refractivity contribution in [2.75, 3.05) is 0 Å². The highest BCUT2D eigenvalue weighted by atomic mass is 79.9. The number of unbranched alkanes of at least 4 members (excludes halogenated alkanes) is 3. The van der Waals surface area contributed by atoms with Crippen LogP contribution in [0.15, 0.2) is 71.4 Å². The van der Waals surface area contributed by atoms with Crippen LogP contribution in [-0.2, 0) is 9.59 Å². The summed E-state index contributed by atoms with van der Waals surface area (Å²) in [5, 5.41) is 16.7. The molecule has 1 unspecified atom stereocenters. The molecule has 34 heavy (non-hydrogen) atoms. The monoisotopic (exact) mass is 528 g/mol. The topological polar surface area (TPSA) is 123 Å². The summed E-state index contributed by atoms with van der Waals surface area (Å²) < 4.78 is 6.97. The number of rotatable bonds is 10. The molecule has 1 heterocycles. The lowest BCUT2D eigenvalue weighted by Gasteiger charge is -2.15. The first kappa shape index (κ1) is 27.0. The van der Waals surface area contributed by atoms with Crippen molar-refractivity contribution in [3.8, 4) is 16.9 Å². The molecular weight excluding hydrogens is 500 g/mol. The molecule has 3 rings (SSSR count). The first-order valence-electron chi connectivity index (χ1n) is 11.0. The van der Waals surface area contributed by atoms with Gasteiger partial charge in [-0.3, -0.25) is 10.7 Å². The van der Waals surface area contributed by atoms with E-state index in [2.05, 4.69) is 58.2 Å². The summed E-state index contributed by atoms with van der Waals surface area (Å²) in [6.07, 6.45) is 8.37. The third-order valence-electron chi connectivity index (χ3n) is 4.87. The standard InChI is InChI=1S/C22H25BrN2O.C4H4O4/c1-2-3-4-5-6-22(24)26-18-11-12-20-19(13-14-25-21(20)15-18)16-7-9-17(23)10-8-16;5-3(6)1-2-4(7)8/h7-15,22H,2-6,24H2,1H3;1-2H,(H,5,6)(H,7,8)/b;2-1+. The Kier molecular flexibility index (Phi) is 11.2. The fraction of sp³-hybridized carbons (Fsp3) is 0.269. The fourth-order valence-corrected chi connectivity index (χ4v) is 3.50. The van der Waals surface area contributed by atoms with Crippen molar-refractivity contribution in [1.29, 1.82) is 0 Å². The van der Waals surface area contributed by atoms with Crippen molar-refractivity contribution in [2.45, 2.75) is 45.3 Å². The number of carbonyl (C=O) groups is 2. The van der Waals surface area contributed by atoms with E-state index in [1.54, 1.807) is 0 Å². The second-order valence-corrected chi connectivity index (χ2v) is 8.48. The summed E-state index contributed by atoms with van der Waals surface area (Å²) in [5.74, 6) is -1.74. The van der Waals surface area contributed by atoms with Gasteiger partial charge in [0, 0.05) is 34.3 Å². The fourth-order valence-electron chi connectivity index (χ4n) is 3.23. The number of pyridine rings is 1. The van der Waals surface area contributed by atoms with Crippen LogP contribution >= 0.6 is 15.9 Å². The van der Waals surface area contributed by atoms with Gasteiger partial charge in [-0.1, -0.05) is 54.2 Å². The van der Waals surface area contributed by atoms with Crippen molar-refractivity contribution < 1.29 is 24.5 Å². The molecule has 1 aromatic heterocycles. The summed E-state index contributed by atoms with van der Waals surface area (Å²) >= 11 is 3.49. The van der Waals surface area contributed by atoms with E-state index in [1.165, 1.54) is 24.8 Å². The molecule has 8 heteroatoms. The first-order valence-corrected chi connectivity index (χ1v) is 11.8. The quantitative estimate of drug-likeness (QED) is 0.167. The number of hydrogen-bond donors (Lipinski definition) is 3. The predicted molar refractivity (Wildman–Crippen MR) is 137 cm³/mol. The zero-order chi connectivity index (χ0) is 24.9. The Balaban J connectivity index is 0.000000440. The minimum atomic E-state index is -1.26. The van der Waals surface area contributed by atoms with Crippen LogP contribution < -0.4 is 10.5 Å². The third kappa shape index (κ3) is 9.33. The van der Waals surface area contributed by atoms with E-state index in [9.17, 15) is 9.59 Å². The molecule has 4 N–H and O–H groups in total. The molecule has 0 radical (unpaired) electrons. The van der Waals surface area contributed by atoms with Gasteiger partial charge in [0.25, 0.3) is 0 Å². The van der Waals surface area contributed by atoms with Gasteiger partial charge in [0.15, 0.2) is 0 Å². The molecule has 0 aliphatic carbocycles. The maximum absolute atomic E-state index is 9.55.